The number of amides is 1. The van der Waals surface area contributed by atoms with Gasteiger partial charge in [0.05, 0.1) is 11.3 Å². The van der Waals surface area contributed by atoms with Gasteiger partial charge in [0, 0.05) is 12.4 Å². The van der Waals surface area contributed by atoms with E-state index in [1.165, 1.54) is 11.3 Å². The highest BCUT2D eigenvalue weighted by molar-refractivity contribution is 7.12. The molecule has 2 aromatic carbocycles. The summed E-state index contributed by atoms with van der Waals surface area (Å²) in [5.74, 6) is -1.31. The molecule has 4 rings (SSSR count). The average Bonchev–Trinajstić information content (AvgIpc) is 3.30. The van der Waals surface area contributed by atoms with Gasteiger partial charge in [-0.2, -0.15) is 0 Å². The smallest absolute Gasteiger partial charge is 0.306 e. The Morgan fingerprint density at radius 3 is 2.06 bits per heavy atom. The molecule has 0 aliphatic carbocycles. The van der Waals surface area contributed by atoms with Crippen molar-refractivity contribution in [3.05, 3.63) is 107 Å². The fraction of sp³-hybridized carbons (Fsp3) is 0.0400. The number of carbonyl (C=O) groups excluding carboxylic acids is 1. The van der Waals surface area contributed by atoms with E-state index in [1.54, 1.807) is 24.5 Å². The summed E-state index contributed by atoms with van der Waals surface area (Å²) in [6.07, 6.45) is 3.26. The zero-order chi connectivity index (χ0) is 21.6. The zero-order valence-electron chi connectivity index (χ0n) is 16.9. The largest absolute Gasteiger partial charge is 0.481 e. The molecule has 2 N–H and O–H groups in total. The third kappa shape index (κ3) is 5.60. The number of nitrogens with zero attached hydrogens (tertiary/aromatic N) is 1. The van der Waals surface area contributed by atoms with Gasteiger partial charge in [-0.15, -0.1) is 23.7 Å². The summed E-state index contributed by atoms with van der Waals surface area (Å²) in [5.41, 5.74) is 4.81. The number of pyridine rings is 1. The van der Waals surface area contributed by atoms with Gasteiger partial charge in [0.15, 0.2) is 0 Å². The number of hydrogen-bond acceptors (Lipinski definition) is 4. The molecule has 0 saturated carbocycles. The molecule has 0 unspecified atom stereocenters. The van der Waals surface area contributed by atoms with Crippen LogP contribution in [0, 0.1) is 6.04 Å². The van der Waals surface area contributed by atoms with Gasteiger partial charge < -0.3 is 10.4 Å². The Hall–Kier alpha value is -3.48. The quantitative estimate of drug-likeness (QED) is 0.369. The number of aromatic nitrogens is 1. The molecule has 0 atom stereocenters. The van der Waals surface area contributed by atoms with Crippen LogP contribution in [-0.2, 0) is 4.79 Å². The predicted molar refractivity (Wildman–Crippen MR) is 129 cm³/mol. The van der Waals surface area contributed by atoms with E-state index in [0.717, 1.165) is 22.3 Å². The molecule has 0 bridgehead atoms. The first-order chi connectivity index (χ1) is 15.1. The fourth-order valence-electron chi connectivity index (χ4n) is 3.21. The number of hydrogen-bond donors (Lipinski definition) is 2. The van der Waals surface area contributed by atoms with Crippen molar-refractivity contribution in [2.45, 2.75) is 6.42 Å². The maximum absolute atomic E-state index is 12.8. The first-order valence-corrected chi connectivity index (χ1v) is 10.5. The normalized spacial score (nSPS) is 10.4. The molecule has 0 saturated heterocycles. The van der Waals surface area contributed by atoms with E-state index in [1.807, 2.05) is 66.0 Å². The molecular formula is C25H20ClN2O3S. The molecule has 0 spiro atoms. The molecule has 4 aromatic rings. The topological polar surface area (TPSA) is 79.3 Å². The van der Waals surface area contributed by atoms with Crippen LogP contribution in [0.4, 0.5) is 0 Å². The summed E-state index contributed by atoms with van der Waals surface area (Å²) >= 11 is 1.33. The highest BCUT2D eigenvalue weighted by Crippen LogP contribution is 2.29. The maximum atomic E-state index is 12.8. The van der Waals surface area contributed by atoms with Crippen molar-refractivity contribution in [1.82, 2.24) is 10.3 Å². The minimum absolute atomic E-state index is 0. The Bertz CT molecular complexity index is 1180. The standard InChI is InChI=1S/C25H19N2O3S.ClH/c28-24(29)15-22(20-4-2-1-3-5-20)27-25(30)23-14-21(16-31-23)18-8-6-17(7-9-18)19-10-12-26-13-11-19;/h1-14,16H,15H2,(H,27,30)(H,28,29);1H. The molecule has 2 heterocycles. The van der Waals surface area contributed by atoms with E-state index in [0.29, 0.717) is 16.5 Å². The van der Waals surface area contributed by atoms with Gasteiger partial charge in [0.25, 0.3) is 5.91 Å². The lowest BCUT2D eigenvalue weighted by atomic mass is 10.0. The Morgan fingerprint density at radius 1 is 0.844 bits per heavy atom. The van der Waals surface area contributed by atoms with Crippen molar-refractivity contribution in [3.63, 3.8) is 0 Å². The third-order valence-corrected chi connectivity index (χ3v) is 5.70. The van der Waals surface area contributed by atoms with Gasteiger partial charge in [0.2, 0.25) is 0 Å². The lowest BCUT2D eigenvalue weighted by molar-refractivity contribution is -0.136. The van der Waals surface area contributed by atoms with Gasteiger partial charge in [-0.05, 0) is 51.4 Å². The summed E-state index contributed by atoms with van der Waals surface area (Å²) in [6, 6.07) is 23.2. The minimum atomic E-state index is -1.000. The lowest BCUT2D eigenvalue weighted by Gasteiger charge is -2.15. The number of thiophene rings is 1. The molecule has 161 valence electrons. The van der Waals surface area contributed by atoms with Crippen LogP contribution in [0.15, 0.2) is 90.6 Å². The number of carboxylic acids is 1. The van der Waals surface area contributed by atoms with Gasteiger partial charge in [0.1, 0.15) is 6.04 Å². The second-order valence-electron chi connectivity index (χ2n) is 6.88. The number of carbonyl (C=O) groups is 2. The van der Waals surface area contributed by atoms with Gasteiger partial charge in [-0.3, -0.25) is 14.6 Å². The van der Waals surface area contributed by atoms with E-state index >= 15 is 0 Å². The third-order valence-electron chi connectivity index (χ3n) is 4.77. The highest BCUT2D eigenvalue weighted by atomic mass is 35.5. The van der Waals surface area contributed by atoms with E-state index in [2.05, 4.69) is 10.3 Å². The Balaban J connectivity index is 0.00000289. The average molecular weight is 464 g/mol. The van der Waals surface area contributed by atoms with Crippen LogP contribution in [0.25, 0.3) is 22.3 Å². The molecule has 2 aromatic heterocycles. The first-order valence-electron chi connectivity index (χ1n) is 9.64. The minimum Gasteiger partial charge on any atom is -0.481 e. The summed E-state index contributed by atoms with van der Waals surface area (Å²) in [6.45, 7) is 0. The monoisotopic (exact) mass is 463 g/mol. The van der Waals surface area contributed by atoms with Crippen molar-refractivity contribution in [3.8, 4) is 22.3 Å². The number of carboxylic acid groups (broad SMARTS) is 1. The molecular weight excluding hydrogens is 444 g/mol. The summed E-state index contributed by atoms with van der Waals surface area (Å²) in [7, 11) is 0. The van der Waals surface area contributed by atoms with Crippen LogP contribution in [0.5, 0.6) is 0 Å². The number of rotatable bonds is 7. The van der Waals surface area contributed by atoms with Crippen LogP contribution >= 0.6 is 23.7 Å². The van der Waals surface area contributed by atoms with E-state index in [4.69, 9.17) is 0 Å². The molecule has 0 fully saturated rings. The van der Waals surface area contributed by atoms with Crippen LogP contribution in [0.3, 0.4) is 0 Å². The molecule has 32 heavy (non-hydrogen) atoms. The van der Waals surface area contributed by atoms with E-state index in [9.17, 15) is 14.7 Å². The van der Waals surface area contributed by atoms with Crippen molar-refractivity contribution < 1.29 is 14.7 Å². The second kappa shape index (κ2) is 10.7. The molecule has 1 radical (unpaired) electrons. The van der Waals surface area contributed by atoms with Gasteiger partial charge in [-0.25, -0.2) is 0 Å². The van der Waals surface area contributed by atoms with E-state index < -0.39 is 5.97 Å². The van der Waals surface area contributed by atoms with Crippen molar-refractivity contribution in [2.24, 2.45) is 0 Å². The lowest BCUT2D eigenvalue weighted by Crippen LogP contribution is -2.30. The molecule has 0 aliphatic rings. The number of nitrogens with one attached hydrogen (secondary N) is 1. The molecule has 1 amide bonds. The highest BCUT2D eigenvalue weighted by Gasteiger charge is 2.21. The Morgan fingerprint density at radius 2 is 1.44 bits per heavy atom. The molecule has 0 aliphatic heterocycles. The van der Waals surface area contributed by atoms with Crippen molar-refractivity contribution in [2.75, 3.05) is 0 Å². The molecule has 7 heteroatoms. The van der Waals surface area contributed by atoms with Crippen LogP contribution in [0.2, 0.25) is 0 Å². The maximum Gasteiger partial charge on any atom is 0.306 e. The van der Waals surface area contributed by atoms with Crippen molar-refractivity contribution in [1.29, 1.82) is 0 Å². The number of benzene rings is 2. The summed E-state index contributed by atoms with van der Waals surface area (Å²) in [5, 5.41) is 13.9. The Kier molecular flexibility index (Phi) is 7.76. The zero-order valence-corrected chi connectivity index (χ0v) is 18.5. The van der Waals surface area contributed by atoms with Crippen LogP contribution in [-0.4, -0.2) is 22.0 Å². The summed E-state index contributed by atoms with van der Waals surface area (Å²) in [4.78, 5) is 28.6. The SMILES string of the molecule is Cl.O=C(O)C[C](NC(=O)c1cc(-c2ccc(-c3ccncc3)cc2)cs1)c1ccccc1. The van der Waals surface area contributed by atoms with Gasteiger partial charge in [-0.1, -0.05) is 54.6 Å². The van der Waals surface area contributed by atoms with Crippen LogP contribution < -0.4 is 5.32 Å². The predicted octanol–water partition coefficient (Wildman–Crippen LogP) is 5.68. The van der Waals surface area contributed by atoms with E-state index in [-0.39, 0.29) is 24.7 Å². The fourth-order valence-corrected chi connectivity index (χ4v) is 4.02. The Labute approximate surface area is 196 Å². The van der Waals surface area contributed by atoms with Crippen LogP contribution in [0.1, 0.15) is 21.7 Å². The number of aliphatic carboxylic acids is 1. The van der Waals surface area contributed by atoms with Gasteiger partial charge >= 0.3 is 5.97 Å². The molecule has 5 nitrogen and oxygen atoms in total. The second-order valence-corrected chi connectivity index (χ2v) is 7.79. The van der Waals surface area contributed by atoms with Crippen molar-refractivity contribution >= 4 is 35.6 Å². The first kappa shape index (κ1) is 23.2. The summed E-state index contributed by atoms with van der Waals surface area (Å²) < 4.78 is 0. The number of halogens is 1.